The van der Waals surface area contributed by atoms with Crippen molar-refractivity contribution in [2.75, 3.05) is 7.11 Å². The second-order valence-electron chi connectivity index (χ2n) is 3.09. The van der Waals surface area contributed by atoms with E-state index in [1.807, 2.05) is 20.8 Å². The number of hydrogen-bond acceptors (Lipinski definition) is 3. The van der Waals surface area contributed by atoms with Gasteiger partial charge in [-0.15, -0.1) is 0 Å². The van der Waals surface area contributed by atoms with E-state index in [0.717, 1.165) is 17.0 Å². The van der Waals surface area contributed by atoms with Crippen LogP contribution in [0.5, 0.6) is 0 Å². The predicted octanol–water partition coefficient (Wildman–Crippen LogP) is 1.30. The maximum absolute atomic E-state index is 11.3. The number of hydrogen-bond donors (Lipinski definition) is 1. The van der Waals surface area contributed by atoms with Gasteiger partial charge in [-0.1, -0.05) is 0 Å². The van der Waals surface area contributed by atoms with Gasteiger partial charge in [0.2, 0.25) is 0 Å². The average molecular weight is 182 g/mol. The Hall–Kier alpha value is -1.32. The maximum Gasteiger partial charge on any atom is 0.312 e. The molecule has 13 heavy (non-hydrogen) atoms. The second kappa shape index (κ2) is 3.60. The van der Waals surface area contributed by atoms with Crippen LogP contribution in [0.1, 0.15) is 29.8 Å². The fraction of sp³-hybridized carbons (Fsp3) is 0.556. The summed E-state index contributed by atoms with van der Waals surface area (Å²) in [6.45, 7) is 5.59. The molecular weight excluding hydrogens is 168 g/mol. The number of carbonyl (C=O) groups excluding carboxylic acids is 1. The van der Waals surface area contributed by atoms with Gasteiger partial charge in [-0.3, -0.25) is 9.89 Å². The Morgan fingerprint density at radius 2 is 2.15 bits per heavy atom. The molecule has 0 aliphatic heterocycles. The molecule has 0 spiro atoms. The Labute approximate surface area is 77.3 Å². The summed E-state index contributed by atoms with van der Waals surface area (Å²) in [4.78, 5) is 11.3. The minimum absolute atomic E-state index is 0.229. The number of carbonyl (C=O) groups is 1. The van der Waals surface area contributed by atoms with Crippen LogP contribution in [0.2, 0.25) is 0 Å². The lowest BCUT2D eigenvalue weighted by Gasteiger charge is -2.08. The van der Waals surface area contributed by atoms with Gasteiger partial charge in [-0.2, -0.15) is 5.10 Å². The number of esters is 1. The molecule has 72 valence electrons. The molecule has 0 aliphatic rings. The number of aryl methyl sites for hydroxylation is 2. The lowest BCUT2D eigenvalue weighted by Crippen LogP contribution is -2.12. The Morgan fingerprint density at radius 1 is 1.54 bits per heavy atom. The lowest BCUT2D eigenvalue weighted by molar-refractivity contribution is -0.142. The van der Waals surface area contributed by atoms with Crippen molar-refractivity contribution < 1.29 is 9.53 Å². The van der Waals surface area contributed by atoms with Crippen LogP contribution in [-0.4, -0.2) is 23.3 Å². The molecule has 0 aromatic carbocycles. The van der Waals surface area contributed by atoms with Crippen LogP contribution in [-0.2, 0) is 9.53 Å². The van der Waals surface area contributed by atoms with Gasteiger partial charge in [0.05, 0.1) is 18.7 Å². The van der Waals surface area contributed by atoms with E-state index in [-0.39, 0.29) is 11.9 Å². The quantitative estimate of drug-likeness (QED) is 0.701. The highest BCUT2D eigenvalue weighted by atomic mass is 16.5. The Balaban J connectivity index is 3.00. The Bertz CT molecular complexity index is 298. The first kappa shape index (κ1) is 9.77. The molecule has 0 bridgehead atoms. The van der Waals surface area contributed by atoms with Crippen molar-refractivity contribution in [1.29, 1.82) is 0 Å². The minimum Gasteiger partial charge on any atom is -0.469 e. The zero-order valence-electron chi connectivity index (χ0n) is 8.34. The van der Waals surface area contributed by atoms with E-state index in [9.17, 15) is 4.79 Å². The van der Waals surface area contributed by atoms with Gasteiger partial charge >= 0.3 is 5.97 Å². The molecule has 1 atom stereocenters. The summed E-state index contributed by atoms with van der Waals surface area (Å²) in [5.74, 6) is -0.476. The van der Waals surface area contributed by atoms with Crippen molar-refractivity contribution in [3.63, 3.8) is 0 Å². The molecular formula is C9H14N2O2. The highest BCUT2D eigenvalue weighted by molar-refractivity contribution is 5.78. The standard InChI is InChI=1S/C9H14N2O2/c1-5(9(12)13-4)8-6(2)10-11-7(8)3/h5H,1-4H3,(H,10,11)/t5-/m1/s1. The monoisotopic (exact) mass is 182 g/mol. The van der Waals surface area contributed by atoms with Gasteiger partial charge in [0, 0.05) is 11.3 Å². The van der Waals surface area contributed by atoms with Crippen molar-refractivity contribution in [1.82, 2.24) is 10.2 Å². The summed E-state index contributed by atoms with van der Waals surface area (Å²) in [6.07, 6.45) is 0. The summed E-state index contributed by atoms with van der Waals surface area (Å²) in [6, 6.07) is 0. The van der Waals surface area contributed by atoms with E-state index < -0.39 is 0 Å². The summed E-state index contributed by atoms with van der Waals surface area (Å²) in [7, 11) is 1.39. The molecule has 0 aliphatic carbocycles. The van der Waals surface area contributed by atoms with Crippen LogP contribution < -0.4 is 0 Å². The molecule has 1 rings (SSSR count). The molecule has 0 radical (unpaired) electrons. The van der Waals surface area contributed by atoms with Gasteiger partial charge in [-0.25, -0.2) is 0 Å². The third-order valence-corrected chi connectivity index (χ3v) is 2.17. The van der Waals surface area contributed by atoms with E-state index in [0.29, 0.717) is 0 Å². The van der Waals surface area contributed by atoms with Crippen LogP contribution in [0.3, 0.4) is 0 Å². The molecule has 0 fully saturated rings. The number of nitrogens with zero attached hydrogens (tertiary/aromatic N) is 1. The summed E-state index contributed by atoms with van der Waals surface area (Å²) in [5, 5.41) is 6.86. The van der Waals surface area contributed by atoms with Crippen molar-refractivity contribution in [2.24, 2.45) is 0 Å². The lowest BCUT2D eigenvalue weighted by atomic mass is 10.00. The first-order valence-electron chi connectivity index (χ1n) is 4.17. The van der Waals surface area contributed by atoms with Crippen molar-refractivity contribution in [3.05, 3.63) is 17.0 Å². The summed E-state index contributed by atoms with van der Waals surface area (Å²) in [5.41, 5.74) is 2.72. The molecule has 0 amide bonds. The van der Waals surface area contributed by atoms with Crippen LogP contribution in [0, 0.1) is 13.8 Å². The van der Waals surface area contributed by atoms with Gasteiger partial charge < -0.3 is 4.74 Å². The van der Waals surface area contributed by atoms with Gasteiger partial charge in [0.15, 0.2) is 0 Å². The third kappa shape index (κ3) is 1.71. The smallest absolute Gasteiger partial charge is 0.312 e. The summed E-state index contributed by atoms with van der Waals surface area (Å²) >= 11 is 0. The van der Waals surface area contributed by atoms with Crippen molar-refractivity contribution in [3.8, 4) is 0 Å². The fourth-order valence-corrected chi connectivity index (χ4v) is 1.49. The molecule has 0 saturated heterocycles. The zero-order chi connectivity index (χ0) is 10.0. The predicted molar refractivity (Wildman–Crippen MR) is 48.5 cm³/mol. The molecule has 1 N–H and O–H groups in total. The van der Waals surface area contributed by atoms with Crippen LogP contribution in [0.4, 0.5) is 0 Å². The van der Waals surface area contributed by atoms with E-state index in [1.165, 1.54) is 7.11 Å². The Kier molecular flexibility index (Phi) is 2.70. The highest BCUT2D eigenvalue weighted by Crippen LogP contribution is 2.21. The highest BCUT2D eigenvalue weighted by Gasteiger charge is 2.21. The number of aromatic amines is 1. The Morgan fingerprint density at radius 3 is 2.54 bits per heavy atom. The van der Waals surface area contributed by atoms with Gasteiger partial charge in [0.25, 0.3) is 0 Å². The van der Waals surface area contributed by atoms with Gasteiger partial charge in [0.1, 0.15) is 0 Å². The number of H-pyrrole nitrogens is 1. The molecule has 1 aromatic heterocycles. The SMILES string of the molecule is COC(=O)[C@H](C)c1c(C)n[nH]c1C. The largest absolute Gasteiger partial charge is 0.469 e. The second-order valence-corrected chi connectivity index (χ2v) is 3.09. The number of ether oxygens (including phenoxy) is 1. The van der Waals surface area contributed by atoms with Crippen molar-refractivity contribution in [2.45, 2.75) is 26.7 Å². The normalized spacial score (nSPS) is 12.6. The number of nitrogens with one attached hydrogen (secondary N) is 1. The molecule has 1 aromatic rings. The van der Waals surface area contributed by atoms with Crippen LogP contribution in [0.25, 0.3) is 0 Å². The van der Waals surface area contributed by atoms with E-state index >= 15 is 0 Å². The summed E-state index contributed by atoms with van der Waals surface area (Å²) < 4.78 is 4.67. The number of aromatic nitrogens is 2. The number of methoxy groups -OCH3 is 1. The van der Waals surface area contributed by atoms with E-state index in [4.69, 9.17) is 0 Å². The molecule has 0 saturated carbocycles. The van der Waals surface area contributed by atoms with Crippen LogP contribution >= 0.6 is 0 Å². The number of rotatable bonds is 2. The molecule has 1 heterocycles. The van der Waals surface area contributed by atoms with Crippen LogP contribution in [0.15, 0.2) is 0 Å². The fourth-order valence-electron chi connectivity index (χ4n) is 1.49. The molecule has 0 unspecified atom stereocenters. The zero-order valence-corrected chi connectivity index (χ0v) is 8.34. The van der Waals surface area contributed by atoms with Crippen molar-refractivity contribution >= 4 is 5.97 Å². The first-order valence-corrected chi connectivity index (χ1v) is 4.17. The first-order chi connectivity index (χ1) is 6.07. The van der Waals surface area contributed by atoms with E-state index in [1.54, 1.807) is 0 Å². The average Bonchev–Trinajstić information content (AvgIpc) is 2.44. The molecule has 4 nitrogen and oxygen atoms in total. The van der Waals surface area contributed by atoms with Gasteiger partial charge in [-0.05, 0) is 20.8 Å². The molecule has 4 heteroatoms. The topological polar surface area (TPSA) is 55.0 Å². The maximum atomic E-state index is 11.3. The third-order valence-electron chi connectivity index (χ3n) is 2.17. The minimum atomic E-state index is -0.247. The van der Waals surface area contributed by atoms with E-state index in [2.05, 4.69) is 14.9 Å².